The minimum absolute atomic E-state index is 0.0123. The van der Waals surface area contributed by atoms with Crippen molar-refractivity contribution in [3.05, 3.63) is 54.0 Å². The van der Waals surface area contributed by atoms with E-state index in [2.05, 4.69) is 15.0 Å². The number of rotatable bonds is 4. The number of piperidine rings is 1. The topological polar surface area (TPSA) is 91.4 Å². The zero-order chi connectivity index (χ0) is 22.1. The maximum Gasteiger partial charge on any atom is 0.253 e. The fourth-order valence-electron chi connectivity index (χ4n) is 4.74. The third-order valence-electron chi connectivity index (χ3n) is 6.63. The van der Waals surface area contributed by atoms with Crippen molar-refractivity contribution in [2.24, 2.45) is 5.92 Å². The van der Waals surface area contributed by atoms with Gasteiger partial charge in [0.2, 0.25) is 5.91 Å². The molecule has 32 heavy (non-hydrogen) atoms. The number of methoxy groups -OCH3 is 1. The van der Waals surface area contributed by atoms with E-state index in [4.69, 9.17) is 4.74 Å². The maximum absolute atomic E-state index is 13.1. The van der Waals surface area contributed by atoms with Crippen LogP contribution in [0.4, 0.5) is 0 Å². The summed E-state index contributed by atoms with van der Waals surface area (Å²) in [7, 11) is 1.61. The second-order valence-electron chi connectivity index (χ2n) is 8.56. The molecular weight excluding hydrogens is 406 g/mol. The highest BCUT2D eigenvalue weighted by Gasteiger charge is 2.35. The smallest absolute Gasteiger partial charge is 0.253 e. The van der Waals surface area contributed by atoms with Crippen LogP contribution >= 0.6 is 0 Å². The molecule has 2 amide bonds. The van der Waals surface area contributed by atoms with Crippen LogP contribution in [0.5, 0.6) is 5.75 Å². The van der Waals surface area contributed by atoms with Gasteiger partial charge in [0.15, 0.2) is 5.65 Å². The maximum atomic E-state index is 13.1. The van der Waals surface area contributed by atoms with Crippen LogP contribution < -0.4 is 4.74 Å². The van der Waals surface area contributed by atoms with E-state index in [-0.39, 0.29) is 23.7 Å². The van der Waals surface area contributed by atoms with E-state index in [0.29, 0.717) is 38.0 Å². The molecule has 8 nitrogen and oxygen atoms in total. The molecule has 1 aromatic carbocycles. The number of benzene rings is 1. The van der Waals surface area contributed by atoms with Crippen LogP contribution in [0.2, 0.25) is 0 Å². The molecule has 1 atom stereocenters. The molecular formula is C24H27N5O3. The quantitative estimate of drug-likeness (QED) is 0.683. The molecule has 2 aliphatic rings. The third kappa shape index (κ3) is 3.92. The van der Waals surface area contributed by atoms with Crippen LogP contribution in [0.15, 0.2) is 42.6 Å². The fourth-order valence-corrected chi connectivity index (χ4v) is 4.74. The van der Waals surface area contributed by atoms with Crippen molar-refractivity contribution in [2.45, 2.75) is 25.2 Å². The largest absolute Gasteiger partial charge is 0.497 e. The van der Waals surface area contributed by atoms with Crippen LogP contribution in [-0.2, 0) is 4.79 Å². The number of hydrogen-bond donors (Lipinski definition) is 1. The predicted molar refractivity (Wildman–Crippen MR) is 119 cm³/mol. The van der Waals surface area contributed by atoms with Crippen molar-refractivity contribution in [1.29, 1.82) is 0 Å². The summed E-state index contributed by atoms with van der Waals surface area (Å²) < 4.78 is 5.16. The van der Waals surface area contributed by atoms with Crippen LogP contribution in [0.1, 0.15) is 41.4 Å². The van der Waals surface area contributed by atoms with Gasteiger partial charge in [-0.2, -0.15) is 0 Å². The Morgan fingerprint density at radius 1 is 1.03 bits per heavy atom. The predicted octanol–water partition coefficient (Wildman–Crippen LogP) is 2.83. The lowest BCUT2D eigenvalue weighted by molar-refractivity contribution is -0.135. The Hall–Kier alpha value is -3.42. The molecule has 2 aromatic heterocycles. The van der Waals surface area contributed by atoms with Crippen LogP contribution in [-0.4, -0.2) is 69.9 Å². The molecule has 166 valence electrons. The molecule has 4 heterocycles. The third-order valence-corrected chi connectivity index (χ3v) is 6.63. The number of H-pyrrole nitrogens is 1. The first-order chi connectivity index (χ1) is 15.6. The SMILES string of the molecule is COc1ccc(C(=O)N2CCC(C(=O)N3CCC(c4nc5ncccc5[nH]4)C3)CC2)cc1. The molecule has 0 saturated carbocycles. The minimum atomic E-state index is -0.0222. The molecule has 0 bridgehead atoms. The number of imidazole rings is 1. The molecule has 3 aromatic rings. The molecule has 1 N–H and O–H groups in total. The summed E-state index contributed by atoms with van der Waals surface area (Å²) >= 11 is 0. The van der Waals surface area contributed by atoms with E-state index in [1.54, 1.807) is 37.6 Å². The number of hydrogen-bond acceptors (Lipinski definition) is 5. The minimum Gasteiger partial charge on any atom is -0.497 e. The monoisotopic (exact) mass is 433 g/mol. The number of carbonyl (C=O) groups is 2. The average Bonchev–Trinajstić information content (AvgIpc) is 3.50. The lowest BCUT2D eigenvalue weighted by atomic mass is 9.95. The summed E-state index contributed by atoms with van der Waals surface area (Å²) in [5, 5.41) is 0. The molecule has 2 fully saturated rings. The zero-order valence-corrected chi connectivity index (χ0v) is 18.2. The van der Waals surface area contributed by atoms with Gasteiger partial charge in [-0.3, -0.25) is 9.59 Å². The normalized spacial score (nSPS) is 19.5. The van der Waals surface area contributed by atoms with Crippen LogP contribution in [0.25, 0.3) is 11.2 Å². The van der Waals surface area contributed by atoms with Crippen molar-refractivity contribution in [1.82, 2.24) is 24.8 Å². The van der Waals surface area contributed by atoms with E-state index in [1.165, 1.54) is 0 Å². The first-order valence-electron chi connectivity index (χ1n) is 11.1. The summed E-state index contributed by atoms with van der Waals surface area (Å²) in [6.07, 6.45) is 4.05. The molecule has 8 heteroatoms. The van der Waals surface area contributed by atoms with E-state index >= 15 is 0 Å². The van der Waals surface area contributed by atoms with Gasteiger partial charge in [0.05, 0.1) is 12.6 Å². The van der Waals surface area contributed by atoms with E-state index in [0.717, 1.165) is 35.7 Å². The molecule has 0 spiro atoms. The Morgan fingerprint density at radius 2 is 1.78 bits per heavy atom. The van der Waals surface area contributed by atoms with Gasteiger partial charge in [0.1, 0.15) is 11.6 Å². The summed E-state index contributed by atoms with van der Waals surface area (Å²) in [6, 6.07) is 11.0. The Kier molecular flexibility index (Phi) is 5.51. The number of pyridine rings is 1. The van der Waals surface area contributed by atoms with Crippen molar-refractivity contribution in [3.63, 3.8) is 0 Å². The van der Waals surface area contributed by atoms with E-state index in [1.807, 2.05) is 21.9 Å². The summed E-state index contributed by atoms with van der Waals surface area (Å²) in [5.41, 5.74) is 2.31. The van der Waals surface area contributed by atoms with Gasteiger partial charge in [-0.1, -0.05) is 0 Å². The first kappa shape index (κ1) is 20.5. The van der Waals surface area contributed by atoms with Gasteiger partial charge in [0.25, 0.3) is 5.91 Å². The number of nitrogens with zero attached hydrogens (tertiary/aromatic N) is 4. The summed E-state index contributed by atoms with van der Waals surface area (Å²) in [5.74, 6) is 2.05. The first-order valence-corrected chi connectivity index (χ1v) is 11.1. The van der Waals surface area contributed by atoms with E-state index in [9.17, 15) is 9.59 Å². The highest BCUT2D eigenvalue weighted by atomic mass is 16.5. The lowest BCUT2D eigenvalue weighted by Crippen LogP contribution is -2.43. The van der Waals surface area contributed by atoms with Gasteiger partial charge in [-0.15, -0.1) is 0 Å². The summed E-state index contributed by atoms with van der Waals surface area (Å²) in [6.45, 7) is 2.64. The van der Waals surface area contributed by atoms with Crippen molar-refractivity contribution < 1.29 is 14.3 Å². The van der Waals surface area contributed by atoms with Crippen molar-refractivity contribution >= 4 is 23.0 Å². The summed E-state index contributed by atoms with van der Waals surface area (Å²) in [4.78, 5) is 42.0. The number of likely N-dealkylation sites (tertiary alicyclic amines) is 2. The highest BCUT2D eigenvalue weighted by molar-refractivity contribution is 5.94. The Balaban J connectivity index is 1.16. The standard InChI is InChI=1S/C24H27N5O3/c1-32-19-6-4-16(5-7-19)23(30)28-12-8-17(9-13-28)24(31)29-14-10-18(15-29)21-26-20-3-2-11-25-22(20)27-21/h2-7,11,17-18H,8-10,12-15H2,1H3,(H,25,26,27). The zero-order valence-electron chi connectivity index (χ0n) is 18.2. The molecule has 2 aliphatic heterocycles. The lowest BCUT2D eigenvalue weighted by Gasteiger charge is -2.33. The van der Waals surface area contributed by atoms with Crippen molar-refractivity contribution in [2.75, 3.05) is 33.3 Å². The van der Waals surface area contributed by atoms with Crippen molar-refractivity contribution in [3.8, 4) is 5.75 Å². The van der Waals surface area contributed by atoms with Gasteiger partial charge in [0, 0.05) is 49.8 Å². The number of aromatic nitrogens is 3. The van der Waals surface area contributed by atoms with Gasteiger partial charge < -0.3 is 19.5 Å². The highest BCUT2D eigenvalue weighted by Crippen LogP contribution is 2.30. The van der Waals surface area contributed by atoms with Gasteiger partial charge in [-0.05, 0) is 55.7 Å². The molecule has 5 rings (SSSR count). The van der Waals surface area contributed by atoms with Gasteiger partial charge in [-0.25, -0.2) is 9.97 Å². The fraction of sp³-hybridized carbons (Fsp3) is 0.417. The average molecular weight is 434 g/mol. The number of amides is 2. The number of aromatic amines is 1. The Labute approximate surface area is 186 Å². The number of fused-ring (bicyclic) bond motifs is 1. The van der Waals surface area contributed by atoms with Crippen LogP contribution in [0, 0.1) is 5.92 Å². The number of nitrogens with one attached hydrogen (secondary N) is 1. The van der Waals surface area contributed by atoms with Crippen LogP contribution in [0.3, 0.4) is 0 Å². The molecule has 2 saturated heterocycles. The Morgan fingerprint density at radius 3 is 2.50 bits per heavy atom. The van der Waals surface area contributed by atoms with Gasteiger partial charge >= 0.3 is 0 Å². The Bertz CT molecular complexity index is 1090. The second kappa shape index (κ2) is 8.61. The molecule has 0 aliphatic carbocycles. The second-order valence-corrected chi connectivity index (χ2v) is 8.56. The number of carbonyl (C=O) groups excluding carboxylic acids is 2. The molecule has 1 unspecified atom stereocenters. The number of ether oxygens (including phenoxy) is 1. The molecule has 0 radical (unpaired) electrons. The van der Waals surface area contributed by atoms with E-state index < -0.39 is 0 Å².